The quantitative estimate of drug-likeness (QED) is 0.856. The fourth-order valence-corrected chi connectivity index (χ4v) is 4.12. The van der Waals surface area contributed by atoms with Crippen LogP contribution in [0.25, 0.3) is 0 Å². The van der Waals surface area contributed by atoms with Crippen molar-refractivity contribution in [3.05, 3.63) is 41.0 Å². The van der Waals surface area contributed by atoms with Crippen LogP contribution in [0.4, 0.5) is 5.69 Å². The van der Waals surface area contributed by atoms with Gasteiger partial charge in [-0.2, -0.15) is 0 Å². The third-order valence-electron chi connectivity index (χ3n) is 2.81. The zero-order valence-corrected chi connectivity index (χ0v) is 13.0. The number of likely N-dealkylation sites (N-methyl/N-ethyl adjacent to an activating group) is 1. The van der Waals surface area contributed by atoms with E-state index in [0.29, 0.717) is 9.90 Å². The molecule has 5 nitrogen and oxygen atoms in total. The van der Waals surface area contributed by atoms with E-state index in [1.165, 1.54) is 17.5 Å². The maximum Gasteiger partial charge on any atom is 0.271 e. The van der Waals surface area contributed by atoms with Crippen LogP contribution in [-0.4, -0.2) is 27.0 Å². The second-order valence-corrected chi connectivity index (χ2v) is 7.45. The van der Waals surface area contributed by atoms with Crippen LogP contribution in [-0.2, 0) is 16.4 Å². The Hall–Kier alpha value is -1.44. The van der Waals surface area contributed by atoms with E-state index >= 15 is 0 Å². The van der Waals surface area contributed by atoms with Crippen LogP contribution in [0.3, 0.4) is 0 Å². The molecule has 0 aliphatic heterocycles. The van der Waals surface area contributed by atoms with Gasteiger partial charge in [-0.3, -0.25) is 9.71 Å². The van der Waals surface area contributed by atoms with Crippen molar-refractivity contribution in [3.8, 4) is 0 Å². The highest BCUT2D eigenvalue weighted by Crippen LogP contribution is 2.25. The number of thiophene rings is 1. The van der Waals surface area contributed by atoms with Crippen molar-refractivity contribution in [2.45, 2.75) is 17.6 Å². The molecule has 2 aromatic heterocycles. The molecule has 2 aromatic rings. The lowest BCUT2D eigenvalue weighted by atomic mass is 10.3. The van der Waals surface area contributed by atoms with Gasteiger partial charge in [0.2, 0.25) is 0 Å². The Bertz CT molecular complexity index is 680. The third kappa shape index (κ3) is 3.56. The van der Waals surface area contributed by atoms with Gasteiger partial charge in [0, 0.05) is 11.1 Å². The standard InChI is InChI=1S/C13H17N3O2S2/c1-10-5-8-15-9-12(10)16-20(17,18)13-4-3-11(19-13)6-7-14-2/h3-5,8-9,14,16H,6-7H2,1-2H3. The number of nitrogens with zero attached hydrogens (tertiary/aromatic N) is 1. The SMILES string of the molecule is CNCCc1ccc(S(=O)(=O)Nc2cnccc2C)s1. The maximum atomic E-state index is 12.3. The predicted molar refractivity (Wildman–Crippen MR) is 81.7 cm³/mol. The molecular weight excluding hydrogens is 294 g/mol. The summed E-state index contributed by atoms with van der Waals surface area (Å²) in [5.74, 6) is 0. The number of hydrogen-bond donors (Lipinski definition) is 2. The van der Waals surface area contributed by atoms with E-state index in [2.05, 4.69) is 15.0 Å². The summed E-state index contributed by atoms with van der Waals surface area (Å²) in [7, 11) is -1.66. The van der Waals surface area contributed by atoms with E-state index in [0.717, 1.165) is 23.4 Å². The summed E-state index contributed by atoms with van der Waals surface area (Å²) in [5.41, 5.74) is 1.35. The highest BCUT2D eigenvalue weighted by Gasteiger charge is 2.17. The molecule has 0 spiro atoms. The topological polar surface area (TPSA) is 71.1 Å². The summed E-state index contributed by atoms with van der Waals surface area (Å²) in [5, 5.41) is 3.04. The van der Waals surface area contributed by atoms with Gasteiger partial charge >= 0.3 is 0 Å². The fourth-order valence-electron chi connectivity index (χ4n) is 1.65. The molecule has 2 heterocycles. The van der Waals surface area contributed by atoms with Gasteiger partial charge in [0.25, 0.3) is 10.0 Å². The second-order valence-electron chi connectivity index (χ2n) is 4.37. The first-order valence-electron chi connectivity index (χ1n) is 6.19. The summed E-state index contributed by atoms with van der Waals surface area (Å²) < 4.78 is 27.5. The van der Waals surface area contributed by atoms with Crippen molar-refractivity contribution in [2.24, 2.45) is 0 Å². The minimum Gasteiger partial charge on any atom is -0.319 e. The molecule has 108 valence electrons. The first kappa shape index (κ1) is 15.0. The third-order valence-corrected chi connectivity index (χ3v) is 5.81. The number of anilines is 1. The van der Waals surface area contributed by atoms with Crippen LogP contribution >= 0.6 is 11.3 Å². The summed E-state index contributed by atoms with van der Waals surface area (Å²) in [6, 6.07) is 5.26. The Kier molecular flexibility index (Phi) is 4.74. The highest BCUT2D eigenvalue weighted by molar-refractivity contribution is 7.94. The van der Waals surface area contributed by atoms with Gasteiger partial charge in [-0.1, -0.05) is 0 Å². The Morgan fingerprint density at radius 1 is 1.30 bits per heavy atom. The van der Waals surface area contributed by atoms with Crippen LogP contribution < -0.4 is 10.0 Å². The average molecular weight is 311 g/mol. The molecule has 2 N–H and O–H groups in total. The van der Waals surface area contributed by atoms with E-state index in [1.54, 1.807) is 18.3 Å². The smallest absolute Gasteiger partial charge is 0.271 e. The number of aromatic nitrogens is 1. The number of sulfonamides is 1. The van der Waals surface area contributed by atoms with Crippen molar-refractivity contribution >= 4 is 27.0 Å². The van der Waals surface area contributed by atoms with E-state index < -0.39 is 10.0 Å². The molecule has 0 fully saturated rings. The molecule has 0 saturated carbocycles. The van der Waals surface area contributed by atoms with E-state index in [1.807, 2.05) is 20.0 Å². The Morgan fingerprint density at radius 3 is 2.80 bits per heavy atom. The molecule has 0 aliphatic carbocycles. The van der Waals surface area contributed by atoms with E-state index in [4.69, 9.17) is 0 Å². The van der Waals surface area contributed by atoms with Gasteiger partial charge in [0.15, 0.2) is 0 Å². The van der Waals surface area contributed by atoms with Crippen molar-refractivity contribution in [1.29, 1.82) is 0 Å². The molecule has 0 saturated heterocycles. The maximum absolute atomic E-state index is 12.3. The minimum atomic E-state index is -3.53. The van der Waals surface area contributed by atoms with Gasteiger partial charge in [-0.05, 0) is 50.7 Å². The number of pyridine rings is 1. The molecular formula is C13H17N3O2S2. The summed E-state index contributed by atoms with van der Waals surface area (Å²) in [6.45, 7) is 2.67. The molecule has 0 aromatic carbocycles. The Labute approximate surface area is 123 Å². The zero-order chi connectivity index (χ0) is 14.6. The van der Waals surface area contributed by atoms with Gasteiger partial charge in [-0.15, -0.1) is 11.3 Å². The molecule has 0 atom stereocenters. The molecule has 20 heavy (non-hydrogen) atoms. The lowest BCUT2D eigenvalue weighted by molar-refractivity contribution is 0.603. The van der Waals surface area contributed by atoms with Gasteiger partial charge < -0.3 is 5.32 Å². The monoisotopic (exact) mass is 311 g/mol. The largest absolute Gasteiger partial charge is 0.319 e. The number of aryl methyl sites for hydroxylation is 1. The zero-order valence-electron chi connectivity index (χ0n) is 11.4. The first-order chi connectivity index (χ1) is 9.53. The first-order valence-corrected chi connectivity index (χ1v) is 8.49. The number of hydrogen-bond acceptors (Lipinski definition) is 5. The lowest BCUT2D eigenvalue weighted by Gasteiger charge is -2.08. The fraction of sp³-hybridized carbons (Fsp3) is 0.308. The van der Waals surface area contributed by atoms with Gasteiger partial charge in [0.05, 0.1) is 11.9 Å². The Morgan fingerprint density at radius 2 is 2.10 bits per heavy atom. The van der Waals surface area contributed by atoms with Crippen molar-refractivity contribution in [3.63, 3.8) is 0 Å². The van der Waals surface area contributed by atoms with Crippen LogP contribution in [0, 0.1) is 6.92 Å². The van der Waals surface area contributed by atoms with Crippen LogP contribution in [0.5, 0.6) is 0 Å². The second kappa shape index (κ2) is 6.34. The molecule has 0 amide bonds. The predicted octanol–water partition coefficient (Wildman–Crippen LogP) is 2.01. The van der Waals surface area contributed by atoms with E-state index in [9.17, 15) is 8.42 Å². The molecule has 2 rings (SSSR count). The van der Waals surface area contributed by atoms with Gasteiger partial charge in [0.1, 0.15) is 4.21 Å². The average Bonchev–Trinajstić information content (AvgIpc) is 2.88. The van der Waals surface area contributed by atoms with Crippen molar-refractivity contribution in [2.75, 3.05) is 18.3 Å². The highest BCUT2D eigenvalue weighted by atomic mass is 32.2. The van der Waals surface area contributed by atoms with E-state index in [-0.39, 0.29) is 0 Å². The molecule has 0 radical (unpaired) electrons. The van der Waals surface area contributed by atoms with Crippen molar-refractivity contribution in [1.82, 2.24) is 10.3 Å². The lowest BCUT2D eigenvalue weighted by Crippen LogP contribution is -2.12. The summed E-state index contributed by atoms with van der Waals surface area (Å²) in [4.78, 5) is 4.98. The summed E-state index contributed by atoms with van der Waals surface area (Å²) in [6.07, 6.45) is 3.97. The number of nitrogens with one attached hydrogen (secondary N) is 2. The van der Waals surface area contributed by atoms with Crippen molar-refractivity contribution < 1.29 is 8.42 Å². The van der Waals surface area contributed by atoms with Crippen LogP contribution in [0.15, 0.2) is 34.8 Å². The Balaban J connectivity index is 2.18. The molecule has 0 bridgehead atoms. The van der Waals surface area contributed by atoms with Crippen LogP contribution in [0.1, 0.15) is 10.4 Å². The minimum absolute atomic E-state index is 0.326. The molecule has 7 heteroatoms. The molecule has 0 aliphatic rings. The normalized spacial score (nSPS) is 11.5. The summed E-state index contributed by atoms with van der Waals surface area (Å²) >= 11 is 1.29. The van der Waals surface area contributed by atoms with Gasteiger partial charge in [-0.25, -0.2) is 8.42 Å². The number of rotatable bonds is 6. The molecule has 0 unspecified atom stereocenters. The van der Waals surface area contributed by atoms with Crippen LogP contribution in [0.2, 0.25) is 0 Å².